The number of nitrogens with one attached hydrogen (secondary N) is 1. The predicted octanol–water partition coefficient (Wildman–Crippen LogP) is 22.4. The van der Waals surface area contributed by atoms with E-state index in [-0.39, 0.29) is 18.5 Å². The lowest BCUT2D eigenvalue weighted by atomic mass is 10.0. The van der Waals surface area contributed by atoms with Crippen LogP contribution in [-0.4, -0.2) is 47.4 Å². The first kappa shape index (κ1) is 74.6. The van der Waals surface area contributed by atoms with Crippen molar-refractivity contribution >= 4 is 11.9 Å². The number of carbonyl (C=O) groups is 2. The van der Waals surface area contributed by atoms with Crippen molar-refractivity contribution in [2.45, 2.75) is 411 Å². The summed E-state index contributed by atoms with van der Waals surface area (Å²) >= 11 is 0. The summed E-state index contributed by atoms with van der Waals surface area (Å²) in [6.07, 6.45) is 81.9. The number of esters is 1. The van der Waals surface area contributed by atoms with Crippen LogP contribution in [-0.2, 0) is 14.3 Å². The van der Waals surface area contributed by atoms with E-state index in [9.17, 15) is 19.8 Å². The maximum atomic E-state index is 12.4. The topological polar surface area (TPSA) is 95.9 Å². The highest BCUT2D eigenvalue weighted by Gasteiger charge is 2.18. The number of rotatable bonds is 66. The number of amides is 1. The van der Waals surface area contributed by atoms with Gasteiger partial charge in [-0.15, -0.1) is 0 Å². The second kappa shape index (κ2) is 66.1. The SMILES string of the molecule is CCCCCCCCC/C=C/C(O)C(CO)NC(=O)CCCCCCCCCCCCCCCCCCCCCCCCCCCCCCCCCCCCCCCCCOC(=O)CCCCCCCCCCCCC. The fourth-order valence-corrected chi connectivity index (χ4v) is 11.2. The minimum absolute atomic E-state index is 0.0241. The van der Waals surface area contributed by atoms with Crippen LogP contribution in [0.2, 0.25) is 0 Å². The van der Waals surface area contributed by atoms with Gasteiger partial charge in [0, 0.05) is 12.8 Å². The van der Waals surface area contributed by atoms with Gasteiger partial charge in [-0.3, -0.25) is 9.59 Å². The van der Waals surface area contributed by atoms with Crippen molar-refractivity contribution < 1.29 is 24.5 Å². The van der Waals surface area contributed by atoms with Crippen LogP contribution in [0.25, 0.3) is 0 Å². The van der Waals surface area contributed by atoms with Crippen LogP contribution in [0.15, 0.2) is 12.2 Å². The summed E-state index contributed by atoms with van der Waals surface area (Å²) in [7, 11) is 0. The Labute approximate surface area is 476 Å². The fraction of sp³-hybridized carbons (Fsp3) is 0.943. The molecule has 0 saturated heterocycles. The van der Waals surface area contributed by atoms with Crippen LogP contribution >= 0.6 is 0 Å². The fourth-order valence-electron chi connectivity index (χ4n) is 11.2. The molecule has 2 atom stereocenters. The zero-order valence-corrected chi connectivity index (χ0v) is 51.8. The van der Waals surface area contributed by atoms with Crippen LogP contribution in [0.3, 0.4) is 0 Å². The molecule has 0 radical (unpaired) electrons. The van der Waals surface area contributed by atoms with E-state index in [1.54, 1.807) is 6.08 Å². The molecule has 0 rings (SSSR count). The largest absolute Gasteiger partial charge is 0.466 e. The average molecular weight is 1070 g/mol. The van der Waals surface area contributed by atoms with Crippen molar-refractivity contribution in [1.82, 2.24) is 5.32 Å². The molecular formula is C70H137NO5. The van der Waals surface area contributed by atoms with Gasteiger partial charge in [0.1, 0.15) is 0 Å². The van der Waals surface area contributed by atoms with Gasteiger partial charge in [0.15, 0.2) is 0 Å². The molecule has 0 saturated carbocycles. The van der Waals surface area contributed by atoms with Gasteiger partial charge >= 0.3 is 5.97 Å². The van der Waals surface area contributed by atoms with Crippen LogP contribution in [0.1, 0.15) is 399 Å². The molecule has 0 aliphatic heterocycles. The third-order valence-electron chi connectivity index (χ3n) is 16.6. The van der Waals surface area contributed by atoms with Gasteiger partial charge in [0.05, 0.1) is 25.4 Å². The van der Waals surface area contributed by atoms with E-state index < -0.39 is 12.1 Å². The highest BCUT2D eigenvalue weighted by molar-refractivity contribution is 5.76. The minimum Gasteiger partial charge on any atom is -0.466 e. The molecule has 2 unspecified atom stereocenters. The van der Waals surface area contributed by atoms with Gasteiger partial charge in [-0.1, -0.05) is 366 Å². The molecule has 0 aromatic carbocycles. The number of unbranched alkanes of at least 4 members (excludes halogenated alkanes) is 55. The zero-order chi connectivity index (χ0) is 55.0. The molecule has 0 aromatic rings. The molecule has 3 N–H and O–H groups in total. The number of carbonyl (C=O) groups excluding carboxylic acids is 2. The molecule has 0 aromatic heterocycles. The first-order valence-electron chi connectivity index (χ1n) is 35.0. The molecule has 6 heteroatoms. The molecule has 6 nitrogen and oxygen atoms in total. The highest BCUT2D eigenvalue weighted by atomic mass is 16.5. The molecule has 1 amide bonds. The number of ether oxygens (including phenoxy) is 1. The van der Waals surface area contributed by atoms with E-state index in [0.29, 0.717) is 19.4 Å². The smallest absolute Gasteiger partial charge is 0.305 e. The minimum atomic E-state index is -0.837. The summed E-state index contributed by atoms with van der Waals surface area (Å²) < 4.78 is 5.48. The molecule has 0 heterocycles. The Morgan fingerprint density at radius 1 is 0.355 bits per heavy atom. The molecule has 76 heavy (non-hydrogen) atoms. The van der Waals surface area contributed by atoms with Crippen LogP contribution in [0.4, 0.5) is 0 Å². The Morgan fingerprint density at radius 2 is 0.605 bits per heavy atom. The number of aliphatic hydroxyl groups excluding tert-OH is 2. The maximum absolute atomic E-state index is 12.4. The van der Waals surface area contributed by atoms with Crippen LogP contribution < -0.4 is 5.32 Å². The van der Waals surface area contributed by atoms with Crippen molar-refractivity contribution in [2.75, 3.05) is 13.2 Å². The number of hydrogen-bond donors (Lipinski definition) is 3. The molecule has 0 aliphatic rings. The summed E-state index contributed by atoms with van der Waals surface area (Å²) in [6, 6.07) is -0.620. The van der Waals surface area contributed by atoms with Gasteiger partial charge in [-0.25, -0.2) is 0 Å². The molecular weight excluding hydrogens is 935 g/mol. The van der Waals surface area contributed by atoms with Crippen molar-refractivity contribution in [2.24, 2.45) is 0 Å². The third-order valence-corrected chi connectivity index (χ3v) is 16.6. The van der Waals surface area contributed by atoms with Crippen LogP contribution in [0, 0.1) is 0 Å². The normalized spacial score (nSPS) is 12.5. The summed E-state index contributed by atoms with van der Waals surface area (Å²) in [5, 5.41) is 23.0. The summed E-state index contributed by atoms with van der Waals surface area (Å²) in [5.41, 5.74) is 0. The lowest BCUT2D eigenvalue weighted by Gasteiger charge is -2.20. The van der Waals surface area contributed by atoms with Crippen molar-refractivity contribution in [1.29, 1.82) is 0 Å². The number of aliphatic hydroxyl groups is 2. The van der Waals surface area contributed by atoms with E-state index >= 15 is 0 Å². The van der Waals surface area contributed by atoms with E-state index in [0.717, 1.165) is 38.5 Å². The Kier molecular flexibility index (Phi) is 64.9. The molecule has 0 bridgehead atoms. The Bertz CT molecular complexity index is 1140. The third kappa shape index (κ3) is 61.8. The summed E-state index contributed by atoms with van der Waals surface area (Å²) in [6.45, 7) is 4.90. The Hall–Kier alpha value is -1.40. The van der Waals surface area contributed by atoms with E-state index in [2.05, 4.69) is 19.2 Å². The lowest BCUT2D eigenvalue weighted by molar-refractivity contribution is -0.143. The summed E-state index contributed by atoms with van der Waals surface area (Å²) in [4.78, 5) is 24.4. The zero-order valence-electron chi connectivity index (χ0n) is 51.8. The molecule has 0 spiro atoms. The molecule has 452 valence electrons. The lowest BCUT2D eigenvalue weighted by Crippen LogP contribution is -2.45. The second-order valence-electron chi connectivity index (χ2n) is 24.2. The van der Waals surface area contributed by atoms with Crippen molar-refractivity contribution in [3.8, 4) is 0 Å². The molecule has 0 fully saturated rings. The van der Waals surface area contributed by atoms with Gasteiger partial charge in [0.25, 0.3) is 0 Å². The summed E-state index contributed by atoms with van der Waals surface area (Å²) in [5.74, 6) is -0.0386. The Morgan fingerprint density at radius 3 is 0.895 bits per heavy atom. The van der Waals surface area contributed by atoms with Gasteiger partial charge in [-0.2, -0.15) is 0 Å². The van der Waals surface area contributed by atoms with E-state index in [4.69, 9.17) is 4.74 Å². The average Bonchev–Trinajstić information content (AvgIpc) is 3.42. The monoisotopic (exact) mass is 1070 g/mol. The van der Waals surface area contributed by atoms with Crippen molar-refractivity contribution in [3.05, 3.63) is 12.2 Å². The van der Waals surface area contributed by atoms with Crippen molar-refractivity contribution in [3.63, 3.8) is 0 Å². The van der Waals surface area contributed by atoms with E-state index in [1.807, 2.05) is 6.08 Å². The van der Waals surface area contributed by atoms with Crippen LogP contribution in [0.5, 0.6) is 0 Å². The Balaban J connectivity index is 3.26. The second-order valence-corrected chi connectivity index (χ2v) is 24.2. The van der Waals surface area contributed by atoms with Gasteiger partial charge in [0.2, 0.25) is 5.91 Å². The first-order chi connectivity index (χ1) is 37.5. The highest BCUT2D eigenvalue weighted by Crippen LogP contribution is 2.19. The number of allylic oxidation sites excluding steroid dienone is 1. The predicted molar refractivity (Wildman–Crippen MR) is 333 cm³/mol. The number of hydrogen-bond acceptors (Lipinski definition) is 5. The first-order valence-corrected chi connectivity index (χ1v) is 35.0. The maximum Gasteiger partial charge on any atom is 0.305 e. The van der Waals surface area contributed by atoms with E-state index in [1.165, 1.54) is 334 Å². The molecule has 0 aliphatic carbocycles. The quantitative estimate of drug-likeness (QED) is 0.0320. The standard InChI is InChI=1S/C70H137NO5/c1-3-5-7-9-11-13-43-48-52-56-60-64-70(75)76-65-61-57-53-49-45-42-40-38-36-34-32-30-28-26-24-22-20-18-16-14-15-17-19-21-23-25-27-29-31-33-35-37-39-41-44-47-51-55-59-63-69(74)71-67(66-72)68(73)62-58-54-50-46-12-10-8-6-4-2/h58,62,67-68,72-73H,3-57,59-61,63-66H2,1-2H3,(H,71,74)/b62-58+. The van der Waals surface area contributed by atoms with Gasteiger partial charge in [-0.05, 0) is 32.1 Å². The van der Waals surface area contributed by atoms with Gasteiger partial charge < -0.3 is 20.3 Å².